The van der Waals surface area contributed by atoms with Crippen molar-refractivity contribution in [2.75, 3.05) is 6.54 Å². The highest BCUT2D eigenvalue weighted by molar-refractivity contribution is 5.30. The van der Waals surface area contributed by atoms with Crippen molar-refractivity contribution in [2.45, 2.75) is 33.4 Å². The minimum Gasteiger partial charge on any atom is -0.387 e. The van der Waals surface area contributed by atoms with Crippen LogP contribution in [0.2, 0.25) is 0 Å². The predicted molar refractivity (Wildman–Crippen MR) is 108 cm³/mol. The van der Waals surface area contributed by atoms with Gasteiger partial charge < -0.3 is 10.2 Å². The summed E-state index contributed by atoms with van der Waals surface area (Å²) in [5, 5.41) is 3.51. The van der Waals surface area contributed by atoms with Crippen LogP contribution >= 0.6 is 0 Å². The first kappa shape index (κ1) is 18.9. The second kappa shape index (κ2) is 9.12. The van der Waals surface area contributed by atoms with Crippen LogP contribution in [0.5, 0.6) is 0 Å². The van der Waals surface area contributed by atoms with Gasteiger partial charge in [0.25, 0.3) is 0 Å². The molecule has 2 heteroatoms. The van der Waals surface area contributed by atoms with E-state index in [2.05, 4.69) is 92.7 Å². The van der Waals surface area contributed by atoms with Crippen LogP contribution in [-0.4, -0.2) is 11.4 Å². The molecule has 2 aromatic rings. The third-order valence-electron chi connectivity index (χ3n) is 4.36. The molecule has 1 N–H and O–H groups in total. The van der Waals surface area contributed by atoms with Gasteiger partial charge in [-0.3, -0.25) is 0 Å². The van der Waals surface area contributed by atoms with E-state index in [-0.39, 0.29) is 6.04 Å². The summed E-state index contributed by atoms with van der Waals surface area (Å²) in [4.78, 5) is 2.26. The Labute approximate surface area is 152 Å². The second-order valence-electron chi connectivity index (χ2n) is 6.89. The Hall–Kier alpha value is -2.48. The van der Waals surface area contributed by atoms with Gasteiger partial charge in [-0.25, -0.2) is 0 Å². The lowest BCUT2D eigenvalue weighted by Crippen LogP contribution is -2.31. The van der Waals surface area contributed by atoms with Crippen LogP contribution in [0.15, 0.2) is 79.7 Å². The highest BCUT2D eigenvalue weighted by Crippen LogP contribution is 2.28. The second-order valence-corrected chi connectivity index (χ2v) is 6.89. The van der Waals surface area contributed by atoms with E-state index in [9.17, 15) is 0 Å². The zero-order valence-electron chi connectivity index (χ0n) is 15.7. The van der Waals surface area contributed by atoms with Crippen molar-refractivity contribution in [3.63, 3.8) is 0 Å². The van der Waals surface area contributed by atoms with Crippen molar-refractivity contribution in [1.82, 2.24) is 10.2 Å². The van der Waals surface area contributed by atoms with Crippen LogP contribution in [0.1, 0.15) is 36.6 Å². The average molecular weight is 335 g/mol. The zero-order valence-corrected chi connectivity index (χ0v) is 15.7. The molecule has 0 heterocycles. The molecule has 0 aromatic heterocycles. The third-order valence-corrected chi connectivity index (χ3v) is 4.36. The van der Waals surface area contributed by atoms with E-state index >= 15 is 0 Å². The van der Waals surface area contributed by atoms with Gasteiger partial charge in [-0.15, -0.1) is 0 Å². The lowest BCUT2D eigenvalue weighted by Gasteiger charge is -2.33. The first-order valence-electron chi connectivity index (χ1n) is 8.93. The van der Waals surface area contributed by atoms with Crippen LogP contribution in [-0.2, 0) is 6.54 Å². The number of rotatable bonds is 9. The smallest absolute Gasteiger partial charge is 0.0932 e. The minimum absolute atomic E-state index is 0.0528. The van der Waals surface area contributed by atoms with Crippen molar-refractivity contribution in [3.05, 3.63) is 96.3 Å². The molecule has 2 nitrogen and oxygen atoms in total. The number of nitrogens with one attached hydrogen (secondary N) is 1. The maximum atomic E-state index is 4.34. The summed E-state index contributed by atoms with van der Waals surface area (Å²) >= 11 is 0. The summed E-state index contributed by atoms with van der Waals surface area (Å²) in [6.45, 7) is 16.7. The van der Waals surface area contributed by atoms with Crippen molar-refractivity contribution >= 4 is 0 Å². The lowest BCUT2D eigenvalue weighted by molar-refractivity contribution is 0.294. The fraction of sp³-hybridized carbons (Fsp3) is 0.304. The summed E-state index contributed by atoms with van der Waals surface area (Å²) < 4.78 is 0. The molecule has 0 saturated heterocycles. The van der Waals surface area contributed by atoms with Crippen LogP contribution in [0.25, 0.3) is 0 Å². The van der Waals surface area contributed by atoms with E-state index in [4.69, 9.17) is 0 Å². The molecule has 25 heavy (non-hydrogen) atoms. The molecule has 0 spiro atoms. The summed E-state index contributed by atoms with van der Waals surface area (Å²) in [5.74, 6) is 0.571. The molecule has 1 atom stereocenters. The first-order valence-corrected chi connectivity index (χ1v) is 8.93. The fourth-order valence-electron chi connectivity index (χ4n) is 2.91. The number of hydrogen-bond acceptors (Lipinski definition) is 2. The maximum Gasteiger partial charge on any atom is 0.0932 e. The van der Waals surface area contributed by atoms with Crippen molar-refractivity contribution in [1.29, 1.82) is 0 Å². The Morgan fingerprint density at radius 2 is 1.72 bits per heavy atom. The Balaban J connectivity index is 2.30. The van der Waals surface area contributed by atoms with Gasteiger partial charge in [-0.2, -0.15) is 0 Å². The lowest BCUT2D eigenvalue weighted by atomic mass is 10.0. The average Bonchev–Trinajstić information content (AvgIpc) is 2.62. The van der Waals surface area contributed by atoms with E-state index < -0.39 is 0 Å². The molecular formula is C23H30N2. The minimum atomic E-state index is 0.0528. The van der Waals surface area contributed by atoms with Crippen LogP contribution in [0.3, 0.4) is 0 Å². The van der Waals surface area contributed by atoms with Crippen molar-refractivity contribution in [2.24, 2.45) is 5.92 Å². The molecular weight excluding hydrogens is 304 g/mol. The van der Waals surface area contributed by atoms with E-state index in [1.54, 1.807) is 0 Å². The van der Waals surface area contributed by atoms with E-state index in [0.29, 0.717) is 5.92 Å². The van der Waals surface area contributed by atoms with Gasteiger partial charge in [0.1, 0.15) is 0 Å². The molecule has 0 saturated carbocycles. The summed E-state index contributed by atoms with van der Waals surface area (Å²) in [6.07, 6.45) is 1.92. The fourth-order valence-corrected chi connectivity index (χ4v) is 2.91. The van der Waals surface area contributed by atoms with Crippen molar-refractivity contribution in [3.8, 4) is 0 Å². The van der Waals surface area contributed by atoms with Gasteiger partial charge in [0, 0.05) is 18.8 Å². The standard InChI is InChI=1S/C23H30N2/c1-6-25(17-22-15-11-10-12-19(22)4)23(20(5)24-16-18(2)3)21-13-8-7-9-14-21/h6-15,18,23-24H,1,5,16-17H2,2-4H3. The number of aryl methyl sites for hydroxylation is 1. The molecule has 0 aliphatic heterocycles. The Morgan fingerprint density at radius 3 is 2.32 bits per heavy atom. The van der Waals surface area contributed by atoms with Gasteiger partial charge in [0.15, 0.2) is 0 Å². The highest BCUT2D eigenvalue weighted by Gasteiger charge is 2.21. The highest BCUT2D eigenvalue weighted by atomic mass is 15.2. The number of nitrogens with zero attached hydrogens (tertiary/aromatic N) is 1. The van der Waals surface area contributed by atoms with Crippen LogP contribution in [0, 0.1) is 12.8 Å². The Morgan fingerprint density at radius 1 is 1.08 bits per heavy atom. The Bertz CT molecular complexity index is 688. The number of hydrogen-bond donors (Lipinski definition) is 1. The van der Waals surface area contributed by atoms with E-state index in [1.165, 1.54) is 16.7 Å². The van der Waals surface area contributed by atoms with Gasteiger partial charge >= 0.3 is 0 Å². The molecule has 0 radical (unpaired) electrons. The van der Waals surface area contributed by atoms with Crippen LogP contribution in [0.4, 0.5) is 0 Å². The molecule has 0 bridgehead atoms. The molecule has 1 unspecified atom stereocenters. The van der Waals surface area contributed by atoms with E-state index in [0.717, 1.165) is 18.8 Å². The predicted octanol–water partition coefficient (Wildman–Crippen LogP) is 5.44. The zero-order chi connectivity index (χ0) is 18.2. The third kappa shape index (κ3) is 5.25. The molecule has 132 valence electrons. The van der Waals surface area contributed by atoms with Crippen molar-refractivity contribution < 1.29 is 0 Å². The molecule has 2 aromatic carbocycles. The monoisotopic (exact) mass is 334 g/mol. The molecule has 0 fully saturated rings. The topological polar surface area (TPSA) is 15.3 Å². The summed E-state index contributed by atoms with van der Waals surface area (Å²) in [7, 11) is 0. The summed E-state index contributed by atoms with van der Waals surface area (Å²) in [5.41, 5.74) is 4.83. The van der Waals surface area contributed by atoms with Gasteiger partial charge in [-0.1, -0.05) is 81.6 Å². The van der Waals surface area contributed by atoms with Crippen LogP contribution < -0.4 is 5.32 Å². The quantitative estimate of drug-likeness (QED) is 0.657. The molecule has 0 amide bonds. The molecule has 0 aliphatic rings. The number of benzene rings is 2. The van der Waals surface area contributed by atoms with Gasteiger partial charge in [-0.05, 0) is 35.7 Å². The van der Waals surface area contributed by atoms with E-state index in [1.807, 2.05) is 12.3 Å². The largest absolute Gasteiger partial charge is 0.387 e. The molecule has 2 rings (SSSR count). The summed E-state index contributed by atoms with van der Waals surface area (Å²) in [6, 6.07) is 19.1. The first-order chi connectivity index (χ1) is 12.0. The Kier molecular flexibility index (Phi) is 6.88. The maximum absolute atomic E-state index is 4.34. The molecule has 0 aliphatic carbocycles. The van der Waals surface area contributed by atoms with Gasteiger partial charge in [0.2, 0.25) is 0 Å². The normalized spacial score (nSPS) is 11.8. The van der Waals surface area contributed by atoms with Gasteiger partial charge in [0.05, 0.1) is 6.04 Å². The SMILES string of the molecule is C=CN(Cc1ccccc1C)C(C(=C)NCC(C)C)c1ccccc1.